The first kappa shape index (κ1) is 15.1. The molecule has 5 nitrogen and oxygen atoms in total. The molecule has 0 radical (unpaired) electrons. The monoisotopic (exact) mass is 282 g/mol. The summed E-state index contributed by atoms with van der Waals surface area (Å²) in [5, 5.41) is 11.6. The molecule has 114 valence electrons. The molecule has 0 aromatic rings. The van der Waals surface area contributed by atoms with Crippen LogP contribution in [0.5, 0.6) is 0 Å². The van der Waals surface area contributed by atoms with Crippen LogP contribution in [0.3, 0.4) is 0 Å². The van der Waals surface area contributed by atoms with Crippen LogP contribution in [-0.2, 0) is 4.79 Å². The summed E-state index contributed by atoms with van der Waals surface area (Å²) in [6.07, 6.45) is 5.82. The van der Waals surface area contributed by atoms with Gasteiger partial charge in [0.2, 0.25) is 0 Å². The Balaban J connectivity index is 1.66. The van der Waals surface area contributed by atoms with Gasteiger partial charge < -0.3 is 15.3 Å². The van der Waals surface area contributed by atoms with E-state index in [4.69, 9.17) is 5.11 Å². The molecule has 0 spiro atoms. The molecular formula is C15H26N2O3. The smallest absolute Gasteiger partial charge is 0.317 e. The minimum Gasteiger partial charge on any atom is -0.481 e. The van der Waals surface area contributed by atoms with Gasteiger partial charge in [-0.05, 0) is 43.4 Å². The topological polar surface area (TPSA) is 69.6 Å². The molecule has 2 amide bonds. The summed E-state index contributed by atoms with van der Waals surface area (Å²) in [4.78, 5) is 24.4. The Labute approximate surface area is 120 Å². The number of carboxylic acids is 1. The maximum Gasteiger partial charge on any atom is 0.317 e. The minimum absolute atomic E-state index is 0.0784. The Hall–Kier alpha value is -1.26. The third kappa shape index (κ3) is 3.64. The van der Waals surface area contributed by atoms with E-state index in [-0.39, 0.29) is 6.03 Å². The summed E-state index contributed by atoms with van der Waals surface area (Å²) in [6.45, 7) is 2.92. The lowest BCUT2D eigenvalue weighted by atomic mass is 9.88. The third-order valence-corrected chi connectivity index (χ3v) is 5.01. The van der Waals surface area contributed by atoms with Crippen molar-refractivity contribution in [2.75, 3.05) is 20.1 Å². The van der Waals surface area contributed by atoms with Gasteiger partial charge in [-0.15, -0.1) is 0 Å². The Morgan fingerprint density at radius 3 is 2.65 bits per heavy atom. The van der Waals surface area contributed by atoms with Crippen molar-refractivity contribution in [2.45, 2.75) is 39.0 Å². The van der Waals surface area contributed by atoms with Gasteiger partial charge in [-0.1, -0.05) is 13.3 Å². The molecule has 0 aromatic heterocycles. The number of hydrogen-bond acceptors (Lipinski definition) is 2. The first-order valence-corrected chi connectivity index (χ1v) is 7.69. The molecule has 20 heavy (non-hydrogen) atoms. The lowest BCUT2D eigenvalue weighted by molar-refractivity contribution is -0.141. The number of nitrogens with one attached hydrogen (secondary N) is 1. The van der Waals surface area contributed by atoms with Crippen LogP contribution in [0, 0.1) is 23.7 Å². The van der Waals surface area contributed by atoms with Gasteiger partial charge in [0.15, 0.2) is 0 Å². The third-order valence-electron chi connectivity index (χ3n) is 5.01. The Bertz CT molecular complexity index is 372. The maximum absolute atomic E-state index is 12.0. The number of rotatable bonds is 6. The van der Waals surface area contributed by atoms with Crippen molar-refractivity contribution >= 4 is 12.0 Å². The van der Waals surface area contributed by atoms with Crippen LogP contribution in [0.4, 0.5) is 4.79 Å². The predicted molar refractivity (Wildman–Crippen MR) is 76.4 cm³/mol. The molecule has 0 saturated heterocycles. The Morgan fingerprint density at radius 1 is 1.35 bits per heavy atom. The van der Waals surface area contributed by atoms with Crippen molar-refractivity contribution in [3.05, 3.63) is 0 Å². The van der Waals surface area contributed by atoms with E-state index < -0.39 is 11.9 Å². The molecule has 0 heterocycles. The van der Waals surface area contributed by atoms with Crippen molar-refractivity contribution in [3.8, 4) is 0 Å². The van der Waals surface area contributed by atoms with E-state index in [2.05, 4.69) is 5.32 Å². The number of carboxylic acid groups (broad SMARTS) is 1. The van der Waals surface area contributed by atoms with E-state index in [1.807, 2.05) is 7.05 Å². The number of hydrogen-bond donors (Lipinski definition) is 2. The fraction of sp³-hybridized carbons (Fsp3) is 0.867. The van der Waals surface area contributed by atoms with Crippen molar-refractivity contribution in [3.63, 3.8) is 0 Å². The summed E-state index contributed by atoms with van der Waals surface area (Å²) < 4.78 is 0. The van der Waals surface area contributed by atoms with Crippen molar-refractivity contribution in [2.24, 2.45) is 23.7 Å². The first-order valence-electron chi connectivity index (χ1n) is 7.69. The number of carbonyl (C=O) groups is 2. The largest absolute Gasteiger partial charge is 0.481 e. The average Bonchev–Trinajstić information content (AvgIpc) is 3.00. The van der Waals surface area contributed by atoms with E-state index in [0.29, 0.717) is 18.9 Å². The second kappa shape index (κ2) is 6.46. The molecule has 4 unspecified atom stereocenters. The summed E-state index contributed by atoms with van der Waals surface area (Å²) >= 11 is 0. The van der Waals surface area contributed by atoms with Gasteiger partial charge in [0.25, 0.3) is 0 Å². The highest BCUT2D eigenvalue weighted by atomic mass is 16.4. The molecule has 2 N–H and O–H groups in total. The number of fused-ring (bicyclic) bond motifs is 2. The molecule has 2 aliphatic rings. The molecular weight excluding hydrogens is 256 g/mol. The van der Waals surface area contributed by atoms with Crippen molar-refractivity contribution in [1.29, 1.82) is 0 Å². The lowest BCUT2D eigenvalue weighted by Crippen LogP contribution is -2.41. The quantitative estimate of drug-likeness (QED) is 0.784. The number of urea groups is 1. The molecule has 2 saturated carbocycles. The van der Waals surface area contributed by atoms with Crippen LogP contribution in [0.15, 0.2) is 0 Å². The molecule has 4 atom stereocenters. The maximum atomic E-state index is 12.0. The van der Waals surface area contributed by atoms with Crippen molar-refractivity contribution in [1.82, 2.24) is 10.2 Å². The fourth-order valence-electron chi connectivity index (χ4n) is 3.69. The number of nitrogens with zero attached hydrogens (tertiary/aromatic N) is 1. The van der Waals surface area contributed by atoms with Gasteiger partial charge in [-0.2, -0.15) is 0 Å². The highest BCUT2D eigenvalue weighted by Gasteiger charge is 2.40. The molecule has 5 heteroatoms. The van der Waals surface area contributed by atoms with Crippen LogP contribution >= 0.6 is 0 Å². The Kier molecular flexibility index (Phi) is 4.89. The van der Waals surface area contributed by atoms with E-state index in [1.54, 1.807) is 11.8 Å². The normalized spacial score (nSPS) is 29.2. The second-order valence-corrected chi connectivity index (χ2v) is 6.58. The van der Waals surface area contributed by atoms with Crippen LogP contribution < -0.4 is 5.32 Å². The first-order chi connectivity index (χ1) is 9.47. The zero-order valence-electron chi connectivity index (χ0n) is 12.5. The standard InChI is InChI=1S/C15H26N2O3/c1-10(14(18)19)5-6-16-15(20)17(2)9-13-8-11-3-4-12(13)7-11/h10-13H,3-9H2,1-2H3,(H,16,20)(H,18,19). The summed E-state index contributed by atoms with van der Waals surface area (Å²) in [5.41, 5.74) is 0. The van der Waals surface area contributed by atoms with Crippen LogP contribution in [0.1, 0.15) is 39.0 Å². The van der Waals surface area contributed by atoms with Gasteiger partial charge in [-0.25, -0.2) is 4.79 Å². The van der Waals surface area contributed by atoms with Crippen LogP contribution in [-0.4, -0.2) is 42.1 Å². The molecule has 2 aliphatic carbocycles. The molecule has 0 aliphatic heterocycles. The van der Waals surface area contributed by atoms with E-state index in [1.165, 1.54) is 25.7 Å². The fourth-order valence-corrected chi connectivity index (χ4v) is 3.69. The Morgan fingerprint density at radius 2 is 2.10 bits per heavy atom. The molecule has 0 aromatic carbocycles. The number of carbonyl (C=O) groups excluding carboxylic acids is 1. The van der Waals surface area contributed by atoms with Gasteiger partial charge in [0.05, 0.1) is 5.92 Å². The summed E-state index contributed by atoms with van der Waals surface area (Å²) in [7, 11) is 1.84. The zero-order valence-corrected chi connectivity index (χ0v) is 12.5. The highest BCUT2D eigenvalue weighted by Crippen LogP contribution is 2.48. The van der Waals surface area contributed by atoms with Crippen LogP contribution in [0.2, 0.25) is 0 Å². The van der Waals surface area contributed by atoms with Crippen molar-refractivity contribution < 1.29 is 14.7 Å². The van der Waals surface area contributed by atoms with Gasteiger partial charge in [-0.3, -0.25) is 4.79 Å². The highest BCUT2D eigenvalue weighted by molar-refractivity contribution is 5.74. The van der Waals surface area contributed by atoms with Gasteiger partial charge >= 0.3 is 12.0 Å². The van der Waals surface area contributed by atoms with Crippen LogP contribution in [0.25, 0.3) is 0 Å². The predicted octanol–water partition coefficient (Wildman–Crippen LogP) is 2.17. The molecule has 2 fully saturated rings. The number of aliphatic carboxylic acids is 1. The summed E-state index contributed by atoms with van der Waals surface area (Å²) in [6, 6.07) is -0.0784. The van der Waals surface area contributed by atoms with E-state index in [0.717, 1.165) is 18.4 Å². The minimum atomic E-state index is -0.811. The average molecular weight is 282 g/mol. The molecule has 2 bridgehead atoms. The SMILES string of the molecule is CC(CCNC(=O)N(C)CC1CC2CCC1C2)C(=O)O. The van der Waals surface area contributed by atoms with E-state index in [9.17, 15) is 9.59 Å². The van der Waals surface area contributed by atoms with Gasteiger partial charge in [0, 0.05) is 20.1 Å². The lowest BCUT2D eigenvalue weighted by Gasteiger charge is -2.27. The summed E-state index contributed by atoms with van der Waals surface area (Å²) in [5.74, 6) is 1.17. The van der Waals surface area contributed by atoms with Gasteiger partial charge in [0.1, 0.15) is 0 Å². The number of amides is 2. The van der Waals surface area contributed by atoms with E-state index >= 15 is 0 Å². The zero-order chi connectivity index (χ0) is 14.7. The molecule has 2 rings (SSSR count). The second-order valence-electron chi connectivity index (χ2n) is 6.58.